The van der Waals surface area contributed by atoms with Crippen molar-refractivity contribution in [2.45, 2.75) is 6.18 Å². The third-order valence-electron chi connectivity index (χ3n) is 4.10. The first-order valence-corrected chi connectivity index (χ1v) is 7.76. The number of hydrogen-bond donors (Lipinski definition) is 1. The lowest BCUT2D eigenvalue weighted by Gasteiger charge is -2.24. The molecular formula is C18H13F3N4O. The van der Waals surface area contributed by atoms with E-state index in [-0.39, 0.29) is 11.3 Å². The van der Waals surface area contributed by atoms with E-state index >= 15 is 0 Å². The number of aryl methyl sites for hydroxylation is 1. The van der Waals surface area contributed by atoms with Gasteiger partial charge in [-0.05, 0) is 30.3 Å². The molecule has 0 saturated heterocycles. The Morgan fingerprint density at radius 3 is 2.50 bits per heavy atom. The lowest BCUT2D eigenvalue weighted by molar-refractivity contribution is -0.137. The van der Waals surface area contributed by atoms with Crippen LogP contribution in [0.3, 0.4) is 0 Å². The van der Waals surface area contributed by atoms with Gasteiger partial charge in [0.2, 0.25) is 0 Å². The topological polar surface area (TPSA) is 50.2 Å². The molecular weight excluding hydrogens is 345 g/mol. The largest absolute Gasteiger partial charge is 0.416 e. The van der Waals surface area contributed by atoms with Crippen LogP contribution < -0.4 is 10.2 Å². The predicted molar refractivity (Wildman–Crippen MR) is 90.8 cm³/mol. The summed E-state index contributed by atoms with van der Waals surface area (Å²) in [5, 5.41) is 7.17. The molecule has 0 bridgehead atoms. The maximum Gasteiger partial charge on any atom is 0.416 e. The fraction of sp³-hybridized carbons (Fsp3) is 0.111. The Morgan fingerprint density at radius 1 is 1.08 bits per heavy atom. The van der Waals surface area contributed by atoms with Crippen LogP contribution in [0.5, 0.6) is 0 Å². The van der Waals surface area contributed by atoms with E-state index in [2.05, 4.69) is 10.4 Å². The van der Waals surface area contributed by atoms with E-state index in [0.29, 0.717) is 17.2 Å². The minimum absolute atomic E-state index is 0.122. The number of nitrogens with zero attached hydrogens (tertiary/aromatic N) is 3. The smallest absolute Gasteiger partial charge is 0.336 e. The number of amides is 1. The lowest BCUT2D eigenvalue weighted by Crippen LogP contribution is -2.25. The van der Waals surface area contributed by atoms with Crippen LogP contribution in [-0.2, 0) is 13.2 Å². The summed E-state index contributed by atoms with van der Waals surface area (Å²) in [6, 6.07) is 11.8. The molecule has 0 saturated carbocycles. The molecule has 1 N–H and O–H groups in total. The monoisotopic (exact) mass is 358 g/mol. The van der Waals surface area contributed by atoms with E-state index in [4.69, 9.17) is 0 Å². The van der Waals surface area contributed by atoms with Gasteiger partial charge < -0.3 is 5.32 Å². The first kappa shape index (κ1) is 16.2. The van der Waals surface area contributed by atoms with Crippen LogP contribution in [0, 0.1) is 0 Å². The van der Waals surface area contributed by atoms with E-state index in [9.17, 15) is 18.0 Å². The Morgan fingerprint density at radius 2 is 1.81 bits per heavy atom. The van der Waals surface area contributed by atoms with Gasteiger partial charge in [0.1, 0.15) is 5.56 Å². The number of nitrogens with one attached hydrogen (secondary N) is 1. The second-order valence-corrected chi connectivity index (χ2v) is 5.90. The van der Waals surface area contributed by atoms with E-state index in [0.717, 1.165) is 12.1 Å². The number of carbonyl (C=O) groups excluding carboxylic acids is 1. The van der Waals surface area contributed by atoms with Crippen LogP contribution in [0.2, 0.25) is 0 Å². The minimum atomic E-state index is -4.51. The molecule has 0 spiro atoms. The third-order valence-corrected chi connectivity index (χ3v) is 4.10. The van der Waals surface area contributed by atoms with Gasteiger partial charge in [0.15, 0.2) is 5.82 Å². The van der Waals surface area contributed by atoms with E-state index in [1.165, 1.54) is 21.8 Å². The Kier molecular flexibility index (Phi) is 3.50. The van der Waals surface area contributed by atoms with Crippen LogP contribution in [0.1, 0.15) is 15.9 Å². The number of hydrogen-bond acceptors (Lipinski definition) is 3. The molecule has 2 heterocycles. The highest BCUT2D eigenvalue weighted by molar-refractivity contribution is 6.16. The molecule has 1 amide bonds. The number of halogens is 3. The molecule has 0 atom stereocenters. The van der Waals surface area contributed by atoms with Crippen molar-refractivity contribution in [3.05, 3.63) is 65.9 Å². The first-order valence-electron chi connectivity index (χ1n) is 7.76. The Labute approximate surface area is 146 Å². The van der Waals surface area contributed by atoms with Crippen molar-refractivity contribution in [3.63, 3.8) is 0 Å². The van der Waals surface area contributed by atoms with Crippen molar-refractivity contribution < 1.29 is 18.0 Å². The van der Waals surface area contributed by atoms with Crippen molar-refractivity contribution in [3.8, 4) is 0 Å². The summed E-state index contributed by atoms with van der Waals surface area (Å²) in [7, 11) is 1.67. The van der Waals surface area contributed by atoms with Gasteiger partial charge >= 0.3 is 6.18 Å². The molecule has 2 aromatic carbocycles. The van der Waals surface area contributed by atoms with Crippen molar-refractivity contribution in [2.24, 2.45) is 7.05 Å². The number of aromatic nitrogens is 2. The first-order chi connectivity index (χ1) is 12.3. The second kappa shape index (κ2) is 5.62. The standard InChI is InChI=1S/C18H13F3N4O/c1-24-10-13-16(23-24)22-14-8-7-11(18(19,20)21)9-15(14)25(17(13)26)12-5-3-2-4-6-12/h2-10H,1H3,(H,22,23). The van der Waals surface area contributed by atoms with E-state index < -0.39 is 17.6 Å². The Balaban J connectivity index is 1.97. The fourth-order valence-corrected chi connectivity index (χ4v) is 2.93. The molecule has 1 aliphatic heterocycles. The van der Waals surface area contributed by atoms with Gasteiger partial charge in [-0.2, -0.15) is 18.3 Å². The highest BCUT2D eigenvalue weighted by atomic mass is 19.4. The van der Waals surface area contributed by atoms with Crippen molar-refractivity contribution in [1.82, 2.24) is 9.78 Å². The van der Waals surface area contributed by atoms with Gasteiger partial charge in [-0.3, -0.25) is 14.4 Å². The highest BCUT2D eigenvalue weighted by Gasteiger charge is 2.35. The number of benzene rings is 2. The molecule has 0 unspecified atom stereocenters. The SMILES string of the molecule is Cn1cc2c(n1)Nc1ccc(C(F)(F)F)cc1N(c1ccccc1)C2=O. The lowest BCUT2D eigenvalue weighted by atomic mass is 10.1. The zero-order valence-electron chi connectivity index (χ0n) is 13.6. The summed E-state index contributed by atoms with van der Waals surface area (Å²) in [4.78, 5) is 14.4. The predicted octanol–water partition coefficient (Wildman–Crippen LogP) is 4.47. The molecule has 5 nitrogen and oxygen atoms in total. The average molecular weight is 358 g/mol. The second-order valence-electron chi connectivity index (χ2n) is 5.90. The Bertz CT molecular complexity index is 995. The minimum Gasteiger partial charge on any atom is -0.336 e. The van der Waals surface area contributed by atoms with Crippen molar-refractivity contribution >= 4 is 28.8 Å². The number of para-hydroxylation sites is 1. The summed E-state index contributed by atoms with van der Waals surface area (Å²) >= 11 is 0. The molecule has 4 rings (SSSR count). The summed E-state index contributed by atoms with van der Waals surface area (Å²) < 4.78 is 41.1. The third kappa shape index (κ3) is 2.59. The quantitative estimate of drug-likeness (QED) is 0.698. The van der Waals surface area contributed by atoms with Gasteiger partial charge in [-0.1, -0.05) is 18.2 Å². The number of rotatable bonds is 1. The summed E-state index contributed by atoms with van der Waals surface area (Å²) in [6.07, 6.45) is -2.98. The molecule has 0 fully saturated rings. The normalized spacial score (nSPS) is 13.7. The summed E-state index contributed by atoms with van der Waals surface area (Å²) in [5.74, 6) is -0.151. The van der Waals surface area contributed by atoms with Crippen LogP contribution >= 0.6 is 0 Å². The van der Waals surface area contributed by atoms with Crippen LogP contribution in [0.4, 0.5) is 36.1 Å². The zero-order chi connectivity index (χ0) is 18.5. The van der Waals surface area contributed by atoms with Gasteiger partial charge in [0.05, 0.1) is 16.9 Å². The molecule has 8 heteroatoms. The molecule has 1 aromatic heterocycles. The van der Waals surface area contributed by atoms with Gasteiger partial charge in [-0.15, -0.1) is 0 Å². The molecule has 132 valence electrons. The molecule has 3 aromatic rings. The number of alkyl halides is 3. The van der Waals surface area contributed by atoms with E-state index in [1.807, 2.05) is 0 Å². The van der Waals surface area contributed by atoms with Gasteiger partial charge in [0.25, 0.3) is 5.91 Å². The number of fused-ring (bicyclic) bond motifs is 2. The maximum absolute atomic E-state index is 13.2. The maximum atomic E-state index is 13.2. The van der Waals surface area contributed by atoms with Crippen molar-refractivity contribution in [2.75, 3.05) is 10.2 Å². The number of anilines is 4. The molecule has 1 aliphatic rings. The highest BCUT2D eigenvalue weighted by Crippen LogP contribution is 2.42. The van der Waals surface area contributed by atoms with Gasteiger partial charge in [0, 0.05) is 18.9 Å². The molecule has 0 aliphatic carbocycles. The molecule has 0 radical (unpaired) electrons. The molecule has 26 heavy (non-hydrogen) atoms. The number of carbonyl (C=O) groups is 1. The van der Waals surface area contributed by atoms with Crippen LogP contribution in [0.25, 0.3) is 0 Å². The fourth-order valence-electron chi connectivity index (χ4n) is 2.93. The summed E-state index contributed by atoms with van der Waals surface area (Å²) in [5.41, 5.74) is 0.411. The van der Waals surface area contributed by atoms with Crippen LogP contribution in [0.15, 0.2) is 54.7 Å². The van der Waals surface area contributed by atoms with Crippen molar-refractivity contribution in [1.29, 1.82) is 0 Å². The average Bonchev–Trinajstić information content (AvgIpc) is 2.92. The van der Waals surface area contributed by atoms with Crippen LogP contribution in [-0.4, -0.2) is 15.7 Å². The van der Waals surface area contributed by atoms with Gasteiger partial charge in [-0.25, -0.2) is 0 Å². The zero-order valence-corrected chi connectivity index (χ0v) is 13.6. The summed E-state index contributed by atoms with van der Waals surface area (Å²) in [6.45, 7) is 0. The Hall–Kier alpha value is -3.29. The van der Waals surface area contributed by atoms with E-state index in [1.54, 1.807) is 37.4 Å².